The molecule has 0 saturated heterocycles. The third kappa shape index (κ3) is 3.26. The zero-order valence-electron chi connectivity index (χ0n) is 11.6. The lowest BCUT2D eigenvalue weighted by Gasteiger charge is -2.04. The molecule has 3 rings (SSSR count). The molecule has 22 heavy (non-hydrogen) atoms. The summed E-state index contributed by atoms with van der Waals surface area (Å²) in [6.07, 6.45) is 0. The van der Waals surface area contributed by atoms with E-state index >= 15 is 0 Å². The fourth-order valence-electron chi connectivity index (χ4n) is 1.98. The van der Waals surface area contributed by atoms with Gasteiger partial charge in [-0.1, -0.05) is 16.7 Å². The Hall–Kier alpha value is -2.38. The van der Waals surface area contributed by atoms with Crippen molar-refractivity contribution in [1.29, 1.82) is 0 Å². The Kier molecular flexibility index (Phi) is 4.36. The van der Waals surface area contributed by atoms with Crippen LogP contribution in [0.15, 0.2) is 40.8 Å². The maximum absolute atomic E-state index is 8.92. The van der Waals surface area contributed by atoms with Crippen molar-refractivity contribution in [3.05, 3.63) is 47.2 Å². The number of aromatic nitrogens is 4. The van der Waals surface area contributed by atoms with Gasteiger partial charge < -0.3 is 14.8 Å². The van der Waals surface area contributed by atoms with Crippen molar-refractivity contribution in [2.24, 2.45) is 0 Å². The van der Waals surface area contributed by atoms with Crippen LogP contribution in [0.1, 0.15) is 5.76 Å². The van der Waals surface area contributed by atoms with Crippen LogP contribution >= 0.6 is 11.6 Å². The molecule has 0 atom stereocenters. The van der Waals surface area contributed by atoms with Gasteiger partial charge in [0.25, 0.3) is 0 Å². The van der Waals surface area contributed by atoms with E-state index in [9.17, 15) is 0 Å². The standard InChI is InChI=1S/C14H14ClN5O2/c15-11-3-1-10(2-4-11)13-6-5-12(22-13)9-16-14-17-18-19-20(14)7-8-21/h1-6,21H,7-9H2,(H,16,17,19). The molecule has 0 aliphatic heterocycles. The molecule has 1 aromatic carbocycles. The Morgan fingerprint density at radius 3 is 2.77 bits per heavy atom. The van der Waals surface area contributed by atoms with E-state index < -0.39 is 0 Å². The molecule has 2 N–H and O–H groups in total. The minimum Gasteiger partial charge on any atom is -0.459 e. The van der Waals surface area contributed by atoms with Gasteiger partial charge in [0, 0.05) is 10.6 Å². The Morgan fingerprint density at radius 2 is 2.00 bits per heavy atom. The summed E-state index contributed by atoms with van der Waals surface area (Å²) in [6, 6.07) is 11.2. The van der Waals surface area contributed by atoms with Crippen LogP contribution in [-0.4, -0.2) is 31.9 Å². The van der Waals surface area contributed by atoms with Crippen molar-refractivity contribution in [1.82, 2.24) is 20.2 Å². The first kappa shape index (κ1) is 14.6. The number of aliphatic hydroxyl groups is 1. The van der Waals surface area contributed by atoms with Crippen molar-refractivity contribution < 1.29 is 9.52 Å². The number of tetrazole rings is 1. The summed E-state index contributed by atoms with van der Waals surface area (Å²) >= 11 is 5.87. The van der Waals surface area contributed by atoms with Gasteiger partial charge in [0.15, 0.2) is 0 Å². The second-order valence-corrected chi connectivity index (χ2v) is 5.01. The highest BCUT2D eigenvalue weighted by Gasteiger charge is 2.08. The number of halogens is 1. The van der Waals surface area contributed by atoms with E-state index in [0.717, 1.165) is 17.1 Å². The highest BCUT2D eigenvalue weighted by molar-refractivity contribution is 6.30. The van der Waals surface area contributed by atoms with Crippen molar-refractivity contribution in [2.45, 2.75) is 13.1 Å². The number of aliphatic hydroxyl groups excluding tert-OH is 1. The van der Waals surface area contributed by atoms with Gasteiger partial charge in [-0.3, -0.25) is 0 Å². The largest absolute Gasteiger partial charge is 0.459 e. The molecule has 2 heterocycles. The van der Waals surface area contributed by atoms with Gasteiger partial charge in [-0.25, -0.2) is 4.68 Å². The first-order valence-corrected chi connectivity index (χ1v) is 7.09. The quantitative estimate of drug-likeness (QED) is 0.724. The van der Waals surface area contributed by atoms with Gasteiger partial charge in [0.2, 0.25) is 5.95 Å². The van der Waals surface area contributed by atoms with E-state index in [-0.39, 0.29) is 6.61 Å². The molecule has 0 unspecified atom stereocenters. The second kappa shape index (κ2) is 6.59. The molecule has 8 heteroatoms. The molecule has 0 fully saturated rings. The predicted molar refractivity (Wildman–Crippen MR) is 81.4 cm³/mol. The van der Waals surface area contributed by atoms with Crippen LogP contribution in [0.4, 0.5) is 5.95 Å². The van der Waals surface area contributed by atoms with E-state index in [0.29, 0.717) is 24.1 Å². The molecular weight excluding hydrogens is 306 g/mol. The van der Waals surface area contributed by atoms with E-state index in [2.05, 4.69) is 20.8 Å². The number of nitrogens with zero attached hydrogens (tertiary/aromatic N) is 4. The normalized spacial score (nSPS) is 10.8. The van der Waals surface area contributed by atoms with Crippen LogP contribution in [0.2, 0.25) is 5.02 Å². The van der Waals surface area contributed by atoms with E-state index in [4.69, 9.17) is 21.1 Å². The van der Waals surface area contributed by atoms with Crippen molar-refractivity contribution in [3.63, 3.8) is 0 Å². The minimum atomic E-state index is -0.0266. The van der Waals surface area contributed by atoms with Crippen molar-refractivity contribution in [2.75, 3.05) is 11.9 Å². The van der Waals surface area contributed by atoms with Gasteiger partial charge in [-0.15, -0.1) is 0 Å². The molecule has 114 valence electrons. The number of furan rings is 1. The maximum Gasteiger partial charge on any atom is 0.243 e. The zero-order chi connectivity index (χ0) is 15.4. The van der Waals surface area contributed by atoms with Crippen molar-refractivity contribution >= 4 is 17.5 Å². The fraction of sp³-hybridized carbons (Fsp3) is 0.214. The Balaban J connectivity index is 1.67. The molecule has 0 aliphatic rings. The van der Waals surface area contributed by atoms with Crippen LogP contribution in [0.3, 0.4) is 0 Å². The molecule has 0 bridgehead atoms. The van der Waals surface area contributed by atoms with Crippen LogP contribution in [-0.2, 0) is 13.1 Å². The van der Waals surface area contributed by atoms with E-state index in [1.807, 2.05) is 36.4 Å². The molecule has 0 saturated carbocycles. The number of benzene rings is 1. The van der Waals surface area contributed by atoms with E-state index in [1.54, 1.807) is 0 Å². The number of anilines is 1. The maximum atomic E-state index is 8.92. The molecule has 0 aliphatic carbocycles. The third-order valence-electron chi connectivity index (χ3n) is 3.05. The lowest BCUT2D eigenvalue weighted by Crippen LogP contribution is -2.10. The summed E-state index contributed by atoms with van der Waals surface area (Å²) in [6.45, 7) is 0.754. The Morgan fingerprint density at radius 1 is 1.18 bits per heavy atom. The van der Waals surface area contributed by atoms with Crippen molar-refractivity contribution in [3.8, 4) is 11.3 Å². The first-order valence-electron chi connectivity index (χ1n) is 6.72. The molecule has 3 aromatic rings. The summed E-state index contributed by atoms with van der Waals surface area (Å²) in [7, 11) is 0. The van der Waals surface area contributed by atoms with Gasteiger partial charge in [-0.2, -0.15) is 0 Å². The predicted octanol–water partition coefficient (Wildman–Crippen LogP) is 2.19. The summed E-state index contributed by atoms with van der Waals surface area (Å²) in [5, 5.41) is 23.9. The number of rotatable bonds is 6. The average molecular weight is 320 g/mol. The van der Waals surface area contributed by atoms with Crippen LogP contribution in [0.5, 0.6) is 0 Å². The topological polar surface area (TPSA) is 89.0 Å². The fourth-order valence-corrected chi connectivity index (χ4v) is 2.11. The number of hydrogen-bond acceptors (Lipinski definition) is 6. The van der Waals surface area contributed by atoms with Crippen LogP contribution in [0.25, 0.3) is 11.3 Å². The summed E-state index contributed by atoms with van der Waals surface area (Å²) in [4.78, 5) is 0. The third-order valence-corrected chi connectivity index (χ3v) is 3.31. The summed E-state index contributed by atoms with van der Waals surface area (Å²) in [5.41, 5.74) is 0.959. The second-order valence-electron chi connectivity index (χ2n) is 4.58. The molecule has 0 radical (unpaired) electrons. The monoisotopic (exact) mass is 319 g/mol. The van der Waals surface area contributed by atoms with Gasteiger partial charge in [0.1, 0.15) is 11.5 Å². The lowest BCUT2D eigenvalue weighted by molar-refractivity contribution is 0.269. The lowest BCUT2D eigenvalue weighted by atomic mass is 10.2. The van der Waals surface area contributed by atoms with Gasteiger partial charge in [0.05, 0.1) is 19.7 Å². The number of hydrogen-bond donors (Lipinski definition) is 2. The molecule has 0 spiro atoms. The Labute approximate surface area is 131 Å². The van der Waals surface area contributed by atoms with Crippen LogP contribution in [0, 0.1) is 0 Å². The zero-order valence-corrected chi connectivity index (χ0v) is 12.4. The van der Waals surface area contributed by atoms with E-state index in [1.165, 1.54) is 4.68 Å². The summed E-state index contributed by atoms with van der Waals surface area (Å²) < 4.78 is 7.26. The SMILES string of the molecule is OCCn1nnnc1NCc1ccc(-c2ccc(Cl)cc2)o1. The first-order chi connectivity index (χ1) is 10.8. The Bertz CT molecular complexity index is 738. The molecule has 7 nitrogen and oxygen atoms in total. The average Bonchev–Trinajstić information content (AvgIpc) is 3.16. The number of nitrogens with one attached hydrogen (secondary N) is 1. The highest BCUT2D eigenvalue weighted by Crippen LogP contribution is 2.24. The molecular formula is C14H14ClN5O2. The smallest absolute Gasteiger partial charge is 0.243 e. The summed E-state index contributed by atoms with van der Waals surface area (Å²) in [5.74, 6) is 2.01. The minimum absolute atomic E-state index is 0.0266. The van der Waals surface area contributed by atoms with Gasteiger partial charge in [-0.05, 0) is 46.8 Å². The van der Waals surface area contributed by atoms with Crippen LogP contribution < -0.4 is 5.32 Å². The molecule has 0 amide bonds. The highest BCUT2D eigenvalue weighted by atomic mass is 35.5. The van der Waals surface area contributed by atoms with Gasteiger partial charge >= 0.3 is 0 Å². The molecule has 2 aromatic heterocycles.